The monoisotopic (exact) mass is 516 g/mol. The molecule has 1 saturated heterocycles. The van der Waals surface area contributed by atoms with Crippen LogP contribution < -0.4 is 16.2 Å². The molecule has 0 atom stereocenters. The smallest absolute Gasteiger partial charge is 0.276 e. The van der Waals surface area contributed by atoms with Crippen molar-refractivity contribution in [1.82, 2.24) is 19.5 Å². The number of carbonyl (C=O) groups is 2. The number of hydrogen-bond donors (Lipinski definition) is 3. The van der Waals surface area contributed by atoms with Crippen molar-refractivity contribution in [2.45, 2.75) is 5.75 Å². The Morgan fingerprint density at radius 1 is 1.06 bits per heavy atom. The third kappa shape index (κ3) is 6.76. The van der Waals surface area contributed by atoms with Crippen molar-refractivity contribution in [1.29, 1.82) is 0 Å². The number of nitrogens with zero attached hydrogens (tertiary/aromatic N) is 3. The van der Waals surface area contributed by atoms with E-state index < -0.39 is 0 Å². The third-order valence-corrected chi connectivity index (χ3v) is 6.07. The van der Waals surface area contributed by atoms with Crippen LogP contribution in [-0.2, 0) is 10.5 Å². The fraction of sp³-hybridized carbons (Fsp3) is 0.227. The lowest BCUT2D eigenvalue weighted by Crippen LogP contribution is -2.49. The van der Waals surface area contributed by atoms with Gasteiger partial charge in [-0.2, -0.15) is 0 Å². The molecule has 10 heteroatoms. The quantitative estimate of drug-likeness (QED) is 0.293. The Labute approximate surface area is 200 Å². The zero-order valence-corrected chi connectivity index (χ0v) is 19.8. The molecule has 1 aliphatic heterocycles. The van der Waals surface area contributed by atoms with Crippen molar-refractivity contribution in [3.8, 4) is 0 Å². The second kappa shape index (κ2) is 11.6. The zero-order chi connectivity index (χ0) is 22.9. The van der Waals surface area contributed by atoms with Gasteiger partial charge < -0.3 is 21.3 Å². The third-order valence-electron chi connectivity index (χ3n) is 4.83. The summed E-state index contributed by atoms with van der Waals surface area (Å²) in [5.74, 6) is 0.716. The lowest BCUT2D eigenvalue weighted by molar-refractivity contribution is -0.115. The normalized spacial score (nSPS) is 14.9. The van der Waals surface area contributed by atoms with Gasteiger partial charge in [-0.1, -0.05) is 30.3 Å². The van der Waals surface area contributed by atoms with E-state index in [0.29, 0.717) is 43.3 Å². The van der Waals surface area contributed by atoms with Gasteiger partial charge in [0.05, 0.1) is 17.1 Å². The molecule has 0 unspecified atom stereocenters. The Kier molecular flexibility index (Phi) is 8.57. The van der Waals surface area contributed by atoms with Gasteiger partial charge in [-0.15, -0.1) is 0 Å². The van der Waals surface area contributed by atoms with Crippen LogP contribution in [0.5, 0.6) is 0 Å². The first kappa shape index (κ1) is 23.7. The lowest BCUT2D eigenvalue weighted by Gasteiger charge is -2.36. The van der Waals surface area contributed by atoms with Crippen LogP contribution >= 0.6 is 27.9 Å². The molecule has 0 bridgehead atoms. The molecule has 0 saturated carbocycles. The molecular weight excluding hydrogens is 492 g/mol. The molecule has 32 heavy (non-hydrogen) atoms. The average molecular weight is 517 g/mol. The molecule has 1 aromatic heterocycles. The van der Waals surface area contributed by atoms with Crippen molar-refractivity contribution in [2.75, 3.05) is 26.2 Å². The van der Waals surface area contributed by atoms with Gasteiger partial charge in [-0.25, -0.2) is 0 Å². The van der Waals surface area contributed by atoms with Crippen LogP contribution in [-0.4, -0.2) is 52.8 Å². The van der Waals surface area contributed by atoms with Crippen molar-refractivity contribution >= 4 is 39.7 Å². The van der Waals surface area contributed by atoms with E-state index in [4.69, 9.17) is 11.5 Å². The molecule has 8 nitrogen and oxygen atoms in total. The Morgan fingerprint density at radius 2 is 1.75 bits per heavy atom. The zero-order valence-electron chi connectivity index (χ0n) is 17.4. The van der Waals surface area contributed by atoms with E-state index in [1.54, 1.807) is 29.4 Å². The minimum absolute atomic E-state index is 0.0604. The number of pyridine rings is 1. The highest BCUT2D eigenvalue weighted by molar-refractivity contribution is 9.10. The number of rotatable bonds is 7. The molecule has 2 heterocycles. The number of aromatic nitrogens is 1. The maximum Gasteiger partial charge on any atom is 0.276 e. The Balaban J connectivity index is 1.46. The number of nitrogens with one attached hydrogen (secondary N) is 1. The first-order valence-electron chi connectivity index (χ1n) is 9.98. The fourth-order valence-electron chi connectivity index (χ4n) is 3.05. The van der Waals surface area contributed by atoms with Gasteiger partial charge in [-0.3, -0.25) is 19.3 Å². The first-order chi connectivity index (χ1) is 15.4. The van der Waals surface area contributed by atoms with Gasteiger partial charge in [0.15, 0.2) is 0 Å². The van der Waals surface area contributed by atoms with Crippen LogP contribution in [0.4, 0.5) is 0 Å². The highest BCUT2D eigenvalue weighted by atomic mass is 79.9. The summed E-state index contributed by atoms with van der Waals surface area (Å²) < 4.78 is 3.48. The minimum Gasteiger partial charge on any atom is -0.394 e. The van der Waals surface area contributed by atoms with E-state index in [1.165, 1.54) is 18.0 Å². The highest BCUT2D eigenvalue weighted by Crippen LogP contribution is 2.14. The molecule has 1 fully saturated rings. The molecule has 0 radical (unpaired) electrons. The maximum atomic E-state index is 12.6. The van der Waals surface area contributed by atoms with Crippen LogP contribution in [0, 0.1) is 0 Å². The number of benzene rings is 1. The molecule has 1 aliphatic rings. The van der Waals surface area contributed by atoms with E-state index in [0.717, 1.165) is 10.0 Å². The topological polar surface area (TPSA) is 118 Å². The van der Waals surface area contributed by atoms with Gasteiger partial charge in [-0.05, 0) is 51.7 Å². The van der Waals surface area contributed by atoms with Crippen molar-refractivity contribution in [3.63, 3.8) is 0 Å². The van der Waals surface area contributed by atoms with Gasteiger partial charge in [0.1, 0.15) is 0 Å². The number of carbonyl (C=O) groups excluding carboxylic acids is 2. The molecule has 168 valence electrons. The summed E-state index contributed by atoms with van der Waals surface area (Å²) in [5.41, 5.74) is 13.8. The fourth-order valence-corrected chi connectivity index (χ4v) is 4.10. The van der Waals surface area contributed by atoms with E-state index in [-0.39, 0.29) is 17.5 Å². The Bertz CT molecular complexity index is 1010. The number of allylic oxidation sites excluding steroid dienone is 2. The van der Waals surface area contributed by atoms with E-state index in [1.807, 2.05) is 35.2 Å². The second-order valence-corrected chi connectivity index (χ2v) is 8.79. The molecule has 1 aromatic carbocycles. The van der Waals surface area contributed by atoms with Crippen molar-refractivity contribution in [2.24, 2.45) is 11.5 Å². The van der Waals surface area contributed by atoms with Crippen LogP contribution in [0.3, 0.4) is 0 Å². The molecule has 0 aliphatic carbocycles. The summed E-state index contributed by atoms with van der Waals surface area (Å²) in [4.78, 5) is 32.5. The molecule has 2 aromatic rings. The molecule has 5 N–H and O–H groups in total. The standard InChI is InChI=1S/C22H25BrN6O2S/c23-18-12-17(13-26-14-18)22(31)29-10-8-28(9-11-29)20(25)7-6-19(24)21(30)27-32-15-16-4-2-1-3-5-16/h1-7,12-14H,8-11,15,24-25H2,(H,27,30)/b19-6-,20-7+. The van der Waals surface area contributed by atoms with E-state index in [9.17, 15) is 9.59 Å². The van der Waals surface area contributed by atoms with Gasteiger partial charge >= 0.3 is 0 Å². The van der Waals surface area contributed by atoms with Crippen LogP contribution in [0.15, 0.2) is 76.9 Å². The van der Waals surface area contributed by atoms with Gasteiger partial charge in [0, 0.05) is 48.8 Å². The molecular formula is C22H25BrN6O2S. The number of amides is 2. The predicted octanol–water partition coefficient (Wildman–Crippen LogP) is 2.21. The Hall–Kier alpha value is -2.98. The minimum atomic E-state index is -0.368. The highest BCUT2D eigenvalue weighted by Gasteiger charge is 2.22. The largest absolute Gasteiger partial charge is 0.394 e. The first-order valence-corrected chi connectivity index (χ1v) is 11.8. The van der Waals surface area contributed by atoms with Crippen LogP contribution in [0.2, 0.25) is 0 Å². The molecule has 2 amide bonds. The summed E-state index contributed by atoms with van der Waals surface area (Å²) in [5, 5.41) is 0. The SMILES string of the molecule is N/C(=C\C=C(/N)N1CCN(C(=O)c2cncc(Br)c2)CC1)C(=O)NSCc1ccccc1. The maximum absolute atomic E-state index is 12.6. The molecule has 0 spiro atoms. The summed E-state index contributed by atoms with van der Waals surface area (Å²) in [6, 6.07) is 11.6. The summed E-state index contributed by atoms with van der Waals surface area (Å²) in [6.45, 7) is 2.25. The second-order valence-electron chi connectivity index (χ2n) is 7.09. The number of nitrogens with two attached hydrogens (primary N) is 2. The van der Waals surface area contributed by atoms with Crippen LogP contribution in [0.1, 0.15) is 15.9 Å². The van der Waals surface area contributed by atoms with Gasteiger partial charge in [0.2, 0.25) is 0 Å². The Morgan fingerprint density at radius 3 is 2.44 bits per heavy atom. The predicted molar refractivity (Wildman–Crippen MR) is 130 cm³/mol. The van der Waals surface area contributed by atoms with Gasteiger partial charge in [0.25, 0.3) is 11.8 Å². The number of piperazine rings is 1. The molecule has 3 rings (SSSR count). The van der Waals surface area contributed by atoms with Crippen molar-refractivity contribution < 1.29 is 9.59 Å². The number of hydrogen-bond acceptors (Lipinski definition) is 7. The van der Waals surface area contributed by atoms with E-state index >= 15 is 0 Å². The summed E-state index contributed by atoms with van der Waals surface area (Å²) in [7, 11) is 0. The van der Waals surface area contributed by atoms with E-state index in [2.05, 4.69) is 25.6 Å². The average Bonchev–Trinajstić information content (AvgIpc) is 2.82. The summed E-state index contributed by atoms with van der Waals surface area (Å²) >= 11 is 4.62. The number of halogens is 1. The van der Waals surface area contributed by atoms with Crippen molar-refractivity contribution in [3.05, 3.63) is 88.1 Å². The van der Waals surface area contributed by atoms with Crippen LogP contribution in [0.25, 0.3) is 0 Å². The lowest BCUT2D eigenvalue weighted by atomic mass is 10.2. The summed E-state index contributed by atoms with van der Waals surface area (Å²) in [6.07, 6.45) is 6.32.